The predicted molar refractivity (Wildman–Crippen MR) is 91.0 cm³/mol. The standard InChI is InChI=1S/C14H15ClN2O3.C3H8/c1-19-14(18)9-2-3-11-12(6-9)17(13(7-15)16-11)8-10-4-5-20-10;1-3-2/h2-3,6,10H,4-5,7-8H2,1H3;3H2,1-2H3/t10-;/m0./s1. The van der Waals surface area contributed by atoms with E-state index in [0.717, 1.165) is 29.9 Å². The minimum atomic E-state index is -0.355. The summed E-state index contributed by atoms with van der Waals surface area (Å²) >= 11 is 5.96. The first-order chi connectivity index (χ1) is 11.1. The summed E-state index contributed by atoms with van der Waals surface area (Å²) in [4.78, 5) is 16.1. The number of methoxy groups -OCH3 is 1. The van der Waals surface area contributed by atoms with Crippen LogP contribution < -0.4 is 0 Å². The Kier molecular flexibility index (Phi) is 6.42. The Morgan fingerprint density at radius 1 is 1.48 bits per heavy atom. The molecule has 1 aliphatic heterocycles. The van der Waals surface area contributed by atoms with Crippen molar-refractivity contribution in [2.24, 2.45) is 0 Å². The predicted octanol–water partition coefficient (Wildman–Crippen LogP) is 3.77. The number of alkyl halides is 1. The molecule has 1 aromatic carbocycles. The van der Waals surface area contributed by atoms with Crippen LogP contribution in [0.15, 0.2) is 18.2 Å². The lowest BCUT2D eigenvalue weighted by molar-refractivity contribution is -0.0589. The maximum atomic E-state index is 11.6. The van der Waals surface area contributed by atoms with Crippen LogP contribution in [0.1, 0.15) is 42.9 Å². The van der Waals surface area contributed by atoms with E-state index in [9.17, 15) is 4.79 Å². The lowest BCUT2D eigenvalue weighted by Crippen LogP contribution is -2.31. The van der Waals surface area contributed by atoms with Gasteiger partial charge in [-0.05, 0) is 24.6 Å². The summed E-state index contributed by atoms with van der Waals surface area (Å²) in [6.07, 6.45) is 2.49. The summed E-state index contributed by atoms with van der Waals surface area (Å²) in [6.45, 7) is 5.77. The van der Waals surface area contributed by atoms with E-state index in [1.807, 2.05) is 10.6 Å². The number of halogens is 1. The number of carbonyl (C=O) groups excluding carboxylic acids is 1. The van der Waals surface area contributed by atoms with E-state index in [-0.39, 0.29) is 12.1 Å². The average molecular weight is 339 g/mol. The van der Waals surface area contributed by atoms with E-state index in [4.69, 9.17) is 21.1 Å². The molecule has 1 aromatic heterocycles. The zero-order valence-electron chi connectivity index (χ0n) is 13.8. The molecule has 0 amide bonds. The molecule has 6 heteroatoms. The number of hydrogen-bond donors (Lipinski definition) is 0. The smallest absolute Gasteiger partial charge is 0.337 e. The number of hydrogen-bond acceptors (Lipinski definition) is 4. The van der Waals surface area contributed by atoms with E-state index < -0.39 is 0 Å². The normalized spacial score (nSPS) is 16.4. The number of nitrogens with zero attached hydrogens (tertiary/aromatic N) is 2. The van der Waals surface area contributed by atoms with Gasteiger partial charge in [0.2, 0.25) is 0 Å². The van der Waals surface area contributed by atoms with Crippen molar-refractivity contribution >= 4 is 28.6 Å². The molecule has 0 unspecified atom stereocenters. The lowest BCUT2D eigenvalue weighted by atomic mass is 10.1. The topological polar surface area (TPSA) is 53.3 Å². The molecule has 2 heterocycles. The highest BCUT2D eigenvalue weighted by Crippen LogP contribution is 2.23. The van der Waals surface area contributed by atoms with Crippen LogP contribution in [-0.4, -0.2) is 35.3 Å². The van der Waals surface area contributed by atoms with Crippen molar-refractivity contribution in [3.05, 3.63) is 29.6 Å². The SMILES string of the molecule is CCC.COC(=O)c1ccc2nc(CCl)n(C[C@@H]3CCO3)c2c1. The highest BCUT2D eigenvalue weighted by molar-refractivity contribution is 6.16. The van der Waals surface area contributed by atoms with Gasteiger partial charge in [-0.3, -0.25) is 0 Å². The minimum Gasteiger partial charge on any atom is -0.465 e. The Hall–Kier alpha value is -1.59. The molecule has 5 nitrogen and oxygen atoms in total. The first-order valence-electron chi connectivity index (χ1n) is 7.89. The van der Waals surface area contributed by atoms with E-state index in [2.05, 4.69) is 18.8 Å². The molecule has 0 aliphatic carbocycles. The quantitative estimate of drug-likeness (QED) is 0.629. The number of carbonyl (C=O) groups is 1. The molecule has 1 saturated heterocycles. The van der Waals surface area contributed by atoms with E-state index in [1.165, 1.54) is 13.5 Å². The largest absolute Gasteiger partial charge is 0.465 e. The third kappa shape index (κ3) is 4.03. The highest BCUT2D eigenvalue weighted by Gasteiger charge is 2.22. The average Bonchev–Trinajstić information content (AvgIpc) is 2.87. The third-order valence-corrected chi connectivity index (χ3v) is 3.79. The Balaban J connectivity index is 0.000000595. The van der Waals surface area contributed by atoms with Gasteiger partial charge in [0.25, 0.3) is 0 Å². The second-order valence-electron chi connectivity index (χ2n) is 5.46. The molecular formula is C17H23ClN2O3. The van der Waals surface area contributed by atoms with E-state index in [1.54, 1.807) is 12.1 Å². The molecular weight excluding hydrogens is 316 g/mol. The summed E-state index contributed by atoms with van der Waals surface area (Å²) in [7, 11) is 1.37. The summed E-state index contributed by atoms with van der Waals surface area (Å²) in [5, 5.41) is 0. The van der Waals surface area contributed by atoms with Gasteiger partial charge in [0.1, 0.15) is 5.82 Å². The van der Waals surface area contributed by atoms with Gasteiger partial charge in [-0.15, -0.1) is 11.6 Å². The zero-order chi connectivity index (χ0) is 16.8. The van der Waals surface area contributed by atoms with Crippen molar-refractivity contribution < 1.29 is 14.3 Å². The van der Waals surface area contributed by atoms with Gasteiger partial charge in [-0.1, -0.05) is 20.3 Å². The monoisotopic (exact) mass is 338 g/mol. The number of esters is 1. The number of imidazole rings is 1. The molecule has 2 aromatic rings. The second kappa shape index (κ2) is 8.31. The number of fused-ring (bicyclic) bond motifs is 1. The van der Waals surface area contributed by atoms with Gasteiger partial charge < -0.3 is 14.0 Å². The fourth-order valence-electron chi connectivity index (χ4n) is 2.36. The van der Waals surface area contributed by atoms with Gasteiger partial charge in [-0.2, -0.15) is 0 Å². The molecule has 3 rings (SSSR count). The molecule has 1 aliphatic rings. The van der Waals surface area contributed by atoms with Crippen molar-refractivity contribution in [3.63, 3.8) is 0 Å². The molecule has 126 valence electrons. The van der Waals surface area contributed by atoms with Gasteiger partial charge in [-0.25, -0.2) is 9.78 Å². The summed E-state index contributed by atoms with van der Waals surface area (Å²) < 4.78 is 12.2. The molecule has 0 N–H and O–H groups in total. The van der Waals surface area contributed by atoms with Gasteiger partial charge in [0.15, 0.2) is 0 Å². The summed E-state index contributed by atoms with van der Waals surface area (Å²) in [5.74, 6) is 0.765. The van der Waals surface area contributed by atoms with Crippen LogP contribution in [-0.2, 0) is 21.9 Å². The number of rotatable bonds is 4. The molecule has 0 saturated carbocycles. The highest BCUT2D eigenvalue weighted by atomic mass is 35.5. The summed E-state index contributed by atoms with van der Waals surface area (Å²) in [5.41, 5.74) is 2.23. The van der Waals surface area contributed by atoms with Crippen LogP contribution in [0.4, 0.5) is 0 Å². The molecule has 1 atom stereocenters. The van der Waals surface area contributed by atoms with Crippen molar-refractivity contribution in [2.45, 2.75) is 45.2 Å². The summed E-state index contributed by atoms with van der Waals surface area (Å²) in [6, 6.07) is 5.32. The number of aromatic nitrogens is 2. The van der Waals surface area contributed by atoms with Crippen LogP contribution in [0.5, 0.6) is 0 Å². The van der Waals surface area contributed by atoms with Gasteiger partial charge in [0, 0.05) is 6.61 Å². The Morgan fingerprint density at radius 2 is 2.17 bits per heavy atom. The molecule has 23 heavy (non-hydrogen) atoms. The second-order valence-corrected chi connectivity index (χ2v) is 5.72. The maximum absolute atomic E-state index is 11.6. The van der Waals surface area contributed by atoms with Crippen molar-refractivity contribution in [2.75, 3.05) is 13.7 Å². The Bertz CT molecular complexity index is 665. The first kappa shape index (κ1) is 17.8. The lowest BCUT2D eigenvalue weighted by Gasteiger charge is -2.27. The fourth-order valence-corrected chi connectivity index (χ4v) is 2.56. The van der Waals surface area contributed by atoms with Crippen molar-refractivity contribution in [3.8, 4) is 0 Å². The van der Waals surface area contributed by atoms with Crippen LogP contribution in [0.2, 0.25) is 0 Å². The molecule has 1 fully saturated rings. The molecule has 0 bridgehead atoms. The van der Waals surface area contributed by atoms with Gasteiger partial charge in [0.05, 0.1) is 42.2 Å². The molecule has 0 radical (unpaired) electrons. The van der Waals surface area contributed by atoms with Crippen LogP contribution >= 0.6 is 11.6 Å². The Morgan fingerprint density at radius 3 is 2.70 bits per heavy atom. The van der Waals surface area contributed by atoms with E-state index in [0.29, 0.717) is 18.0 Å². The van der Waals surface area contributed by atoms with E-state index >= 15 is 0 Å². The number of ether oxygens (including phenoxy) is 2. The van der Waals surface area contributed by atoms with Gasteiger partial charge >= 0.3 is 5.97 Å². The number of benzene rings is 1. The zero-order valence-corrected chi connectivity index (χ0v) is 14.6. The van der Waals surface area contributed by atoms with Crippen molar-refractivity contribution in [1.29, 1.82) is 0 Å². The fraction of sp³-hybridized carbons (Fsp3) is 0.529. The van der Waals surface area contributed by atoms with Crippen LogP contribution in [0.3, 0.4) is 0 Å². The van der Waals surface area contributed by atoms with Crippen LogP contribution in [0, 0.1) is 0 Å². The Labute approximate surface area is 141 Å². The maximum Gasteiger partial charge on any atom is 0.337 e. The third-order valence-electron chi connectivity index (χ3n) is 3.55. The first-order valence-corrected chi connectivity index (χ1v) is 8.43. The molecule has 0 spiro atoms. The van der Waals surface area contributed by atoms with Crippen LogP contribution in [0.25, 0.3) is 11.0 Å². The van der Waals surface area contributed by atoms with Crippen molar-refractivity contribution in [1.82, 2.24) is 9.55 Å². The minimum absolute atomic E-state index is 0.205.